The van der Waals surface area contributed by atoms with E-state index in [0.717, 1.165) is 44.3 Å². The van der Waals surface area contributed by atoms with E-state index in [0.29, 0.717) is 31.8 Å². The van der Waals surface area contributed by atoms with Crippen LogP contribution in [-0.2, 0) is 25.7 Å². The van der Waals surface area contributed by atoms with Gasteiger partial charge >= 0.3 is 12.1 Å². The van der Waals surface area contributed by atoms with Crippen molar-refractivity contribution in [3.63, 3.8) is 0 Å². The van der Waals surface area contributed by atoms with Crippen molar-refractivity contribution in [3.8, 4) is 0 Å². The highest BCUT2D eigenvalue weighted by Crippen LogP contribution is 2.21. The highest BCUT2D eigenvalue weighted by atomic mass is 16.5. The molecule has 3 amide bonds. The van der Waals surface area contributed by atoms with Crippen LogP contribution in [0.15, 0.2) is 30.3 Å². The van der Waals surface area contributed by atoms with Crippen LogP contribution < -0.4 is 16.0 Å². The average Bonchev–Trinajstić information content (AvgIpc) is 2.89. The van der Waals surface area contributed by atoms with Gasteiger partial charge in [0.2, 0.25) is 11.8 Å². The first-order valence-corrected chi connectivity index (χ1v) is 12.4. The first kappa shape index (κ1) is 26.5. The molecule has 2 fully saturated rings. The second-order valence-corrected chi connectivity index (χ2v) is 9.25. The molecule has 10 nitrogen and oxygen atoms in total. The molecular formula is C25H36N4O6. The minimum Gasteiger partial charge on any atom is -0.480 e. The number of alkyl carbamates (subject to hydrolysis) is 1. The van der Waals surface area contributed by atoms with Crippen LogP contribution in [0.4, 0.5) is 4.79 Å². The van der Waals surface area contributed by atoms with Crippen LogP contribution in [-0.4, -0.2) is 72.6 Å². The van der Waals surface area contributed by atoms with Crippen molar-refractivity contribution in [1.29, 1.82) is 0 Å². The number of nitrogens with zero attached hydrogens (tertiary/aromatic N) is 1. The fourth-order valence-electron chi connectivity index (χ4n) is 4.53. The van der Waals surface area contributed by atoms with Crippen LogP contribution in [0.5, 0.6) is 0 Å². The first-order valence-electron chi connectivity index (χ1n) is 12.4. The van der Waals surface area contributed by atoms with Gasteiger partial charge in [-0.15, -0.1) is 0 Å². The Labute approximate surface area is 205 Å². The number of rotatable bonds is 10. The van der Waals surface area contributed by atoms with E-state index < -0.39 is 24.0 Å². The molecule has 0 radical (unpaired) electrons. The summed E-state index contributed by atoms with van der Waals surface area (Å²) in [5, 5.41) is 17.7. The lowest BCUT2D eigenvalue weighted by atomic mass is 9.92. The Morgan fingerprint density at radius 3 is 2.57 bits per heavy atom. The molecule has 4 N–H and O–H groups in total. The molecule has 3 rings (SSSR count). The molecule has 0 saturated carbocycles. The predicted octanol–water partition coefficient (Wildman–Crippen LogP) is 1.50. The summed E-state index contributed by atoms with van der Waals surface area (Å²) in [5.74, 6) is -1.34. The SMILES string of the molecule is O=C(N[C@H](CNC(=O)[C@@H]1CCCN(C(=O)CCC2CCNCC2)C1)C(=O)O)OCc1ccccc1. The van der Waals surface area contributed by atoms with Crippen LogP contribution >= 0.6 is 0 Å². The van der Waals surface area contributed by atoms with Crippen molar-refractivity contribution in [3.05, 3.63) is 35.9 Å². The number of nitrogens with one attached hydrogen (secondary N) is 3. The van der Waals surface area contributed by atoms with E-state index in [1.165, 1.54) is 0 Å². The largest absolute Gasteiger partial charge is 0.480 e. The molecule has 2 aliphatic heterocycles. The zero-order valence-electron chi connectivity index (χ0n) is 20.0. The fraction of sp³-hybridized carbons (Fsp3) is 0.600. The Morgan fingerprint density at radius 2 is 1.86 bits per heavy atom. The van der Waals surface area contributed by atoms with Gasteiger partial charge in [0.1, 0.15) is 12.6 Å². The number of benzene rings is 1. The number of carbonyl (C=O) groups excluding carboxylic acids is 3. The number of carboxylic acid groups (broad SMARTS) is 1. The van der Waals surface area contributed by atoms with Crippen molar-refractivity contribution in [1.82, 2.24) is 20.9 Å². The van der Waals surface area contributed by atoms with Crippen molar-refractivity contribution in [2.75, 3.05) is 32.7 Å². The third-order valence-corrected chi connectivity index (χ3v) is 6.65. The summed E-state index contributed by atoms with van der Waals surface area (Å²) in [6.07, 6.45) is 4.04. The van der Waals surface area contributed by atoms with E-state index in [4.69, 9.17) is 4.74 Å². The third-order valence-electron chi connectivity index (χ3n) is 6.65. The average molecular weight is 489 g/mol. The van der Waals surface area contributed by atoms with Crippen molar-refractivity contribution >= 4 is 23.9 Å². The summed E-state index contributed by atoms with van der Waals surface area (Å²) >= 11 is 0. The fourth-order valence-corrected chi connectivity index (χ4v) is 4.53. The lowest BCUT2D eigenvalue weighted by Gasteiger charge is -2.33. The van der Waals surface area contributed by atoms with Crippen molar-refractivity contribution < 1.29 is 29.0 Å². The van der Waals surface area contributed by atoms with Crippen LogP contribution in [0.1, 0.15) is 44.1 Å². The Hall–Kier alpha value is -3.14. The molecule has 2 heterocycles. The van der Waals surface area contributed by atoms with Gasteiger partial charge in [0, 0.05) is 26.1 Å². The number of aliphatic carboxylic acids is 1. The monoisotopic (exact) mass is 488 g/mol. The van der Waals surface area contributed by atoms with E-state index in [1.54, 1.807) is 29.2 Å². The molecule has 0 unspecified atom stereocenters. The highest BCUT2D eigenvalue weighted by molar-refractivity contribution is 5.83. The Bertz CT molecular complexity index is 859. The lowest BCUT2D eigenvalue weighted by Crippen LogP contribution is -2.51. The normalized spacial score (nSPS) is 19.4. The molecule has 2 atom stereocenters. The third kappa shape index (κ3) is 8.86. The van der Waals surface area contributed by atoms with Gasteiger partial charge in [-0.05, 0) is 56.7 Å². The number of hydrogen-bond acceptors (Lipinski definition) is 6. The number of ether oxygens (including phenoxy) is 1. The van der Waals surface area contributed by atoms with E-state index in [9.17, 15) is 24.3 Å². The topological polar surface area (TPSA) is 137 Å². The minimum absolute atomic E-state index is 0.00887. The Morgan fingerprint density at radius 1 is 1.11 bits per heavy atom. The van der Waals surface area contributed by atoms with Crippen LogP contribution in [0.3, 0.4) is 0 Å². The van der Waals surface area contributed by atoms with Gasteiger partial charge in [0.05, 0.1) is 5.92 Å². The minimum atomic E-state index is -1.33. The van der Waals surface area contributed by atoms with Gasteiger partial charge in [-0.1, -0.05) is 30.3 Å². The zero-order valence-corrected chi connectivity index (χ0v) is 20.0. The summed E-state index contributed by atoms with van der Waals surface area (Å²) in [5.41, 5.74) is 0.773. The highest BCUT2D eigenvalue weighted by Gasteiger charge is 2.30. The number of likely N-dealkylation sites (tertiary alicyclic amines) is 1. The standard InChI is InChI=1S/C25H36N4O6/c30-22(9-8-18-10-12-26-13-11-18)29-14-4-7-20(16-29)23(31)27-15-21(24(32)33)28-25(34)35-17-19-5-2-1-3-6-19/h1-3,5-6,18,20-21,26H,4,7-17H2,(H,27,31)(H,28,34)(H,32,33)/t20-,21-/m1/s1. The van der Waals surface area contributed by atoms with E-state index in [-0.39, 0.29) is 25.0 Å². The number of piperidine rings is 2. The zero-order chi connectivity index (χ0) is 25.0. The van der Waals surface area contributed by atoms with Crippen LogP contribution in [0.25, 0.3) is 0 Å². The molecule has 0 aromatic heterocycles. The molecule has 1 aromatic rings. The maximum absolute atomic E-state index is 12.7. The second kappa shape index (κ2) is 13.7. The number of amides is 3. The van der Waals surface area contributed by atoms with Gasteiger partial charge < -0.3 is 30.7 Å². The van der Waals surface area contributed by atoms with Crippen molar-refractivity contribution in [2.24, 2.45) is 11.8 Å². The first-order chi connectivity index (χ1) is 16.9. The van der Waals surface area contributed by atoms with Gasteiger partial charge in [-0.2, -0.15) is 0 Å². The molecule has 35 heavy (non-hydrogen) atoms. The maximum atomic E-state index is 12.7. The number of carbonyl (C=O) groups is 4. The molecule has 192 valence electrons. The summed E-state index contributed by atoms with van der Waals surface area (Å²) in [6.45, 7) is 2.72. The smallest absolute Gasteiger partial charge is 0.408 e. The summed E-state index contributed by atoms with van der Waals surface area (Å²) in [6, 6.07) is 7.69. The lowest BCUT2D eigenvalue weighted by molar-refractivity contribution is -0.139. The predicted molar refractivity (Wildman–Crippen MR) is 128 cm³/mol. The molecule has 0 spiro atoms. The summed E-state index contributed by atoms with van der Waals surface area (Å²) < 4.78 is 5.07. The van der Waals surface area contributed by atoms with Gasteiger partial charge in [-0.3, -0.25) is 9.59 Å². The molecule has 0 aliphatic carbocycles. The van der Waals surface area contributed by atoms with Crippen molar-refractivity contribution in [2.45, 2.75) is 51.2 Å². The van der Waals surface area contributed by atoms with E-state index >= 15 is 0 Å². The second-order valence-electron chi connectivity index (χ2n) is 9.25. The molecule has 0 bridgehead atoms. The molecule has 1 aromatic carbocycles. The number of hydrogen-bond donors (Lipinski definition) is 4. The molecule has 2 aliphatic rings. The van der Waals surface area contributed by atoms with Crippen LogP contribution in [0.2, 0.25) is 0 Å². The quantitative estimate of drug-likeness (QED) is 0.392. The molecule has 2 saturated heterocycles. The van der Waals surface area contributed by atoms with E-state index in [2.05, 4.69) is 16.0 Å². The number of carboxylic acids is 1. The molecule has 10 heteroatoms. The summed E-state index contributed by atoms with van der Waals surface area (Å²) in [4.78, 5) is 50.7. The van der Waals surface area contributed by atoms with E-state index in [1.807, 2.05) is 6.07 Å². The van der Waals surface area contributed by atoms with Gasteiger partial charge in [-0.25, -0.2) is 9.59 Å². The molecular weight excluding hydrogens is 452 g/mol. The summed E-state index contributed by atoms with van der Waals surface area (Å²) in [7, 11) is 0. The van der Waals surface area contributed by atoms with Gasteiger partial charge in [0.25, 0.3) is 0 Å². The van der Waals surface area contributed by atoms with Gasteiger partial charge in [0.15, 0.2) is 0 Å². The maximum Gasteiger partial charge on any atom is 0.408 e. The Kier molecular flexibility index (Phi) is 10.3. The van der Waals surface area contributed by atoms with Crippen LogP contribution in [0, 0.1) is 11.8 Å². The Balaban J connectivity index is 1.40.